The van der Waals surface area contributed by atoms with Crippen molar-refractivity contribution in [2.75, 3.05) is 0 Å². The van der Waals surface area contributed by atoms with Gasteiger partial charge in [-0.25, -0.2) is 0 Å². The van der Waals surface area contributed by atoms with E-state index in [9.17, 15) is 15.0 Å². The number of rotatable bonds is 3. The maximum absolute atomic E-state index is 12.8. The number of carbonyl (C=O) groups is 1. The van der Waals surface area contributed by atoms with Gasteiger partial charge < -0.3 is 15.1 Å². The molecule has 3 rings (SSSR count). The second kappa shape index (κ2) is 5.95. The van der Waals surface area contributed by atoms with E-state index in [1.54, 1.807) is 11.0 Å². The van der Waals surface area contributed by atoms with E-state index in [0.29, 0.717) is 18.7 Å². The summed E-state index contributed by atoms with van der Waals surface area (Å²) >= 11 is 0. The number of fused-ring (bicyclic) bond motifs is 1. The Morgan fingerprint density at radius 1 is 1.13 bits per heavy atom. The average Bonchev–Trinajstić information content (AvgIpc) is 2.97. The van der Waals surface area contributed by atoms with Crippen molar-refractivity contribution < 1.29 is 15.0 Å². The van der Waals surface area contributed by atoms with Gasteiger partial charge in [-0.15, -0.1) is 0 Å². The molecule has 1 atom stereocenters. The summed E-state index contributed by atoms with van der Waals surface area (Å²) in [4.78, 5) is 14.5. The Kier molecular flexibility index (Phi) is 3.99. The second-order valence-corrected chi connectivity index (χ2v) is 6.17. The molecule has 0 unspecified atom stereocenters. The van der Waals surface area contributed by atoms with E-state index in [0.717, 1.165) is 17.5 Å². The normalized spacial score (nSPS) is 14.6. The summed E-state index contributed by atoms with van der Waals surface area (Å²) in [7, 11) is 0. The van der Waals surface area contributed by atoms with E-state index in [1.807, 2.05) is 38.1 Å². The van der Waals surface area contributed by atoms with Crippen molar-refractivity contribution in [3.05, 3.63) is 58.7 Å². The van der Waals surface area contributed by atoms with Crippen LogP contribution in [0.25, 0.3) is 0 Å². The Hall–Kier alpha value is -2.49. The minimum absolute atomic E-state index is 0.0399. The zero-order valence-corrected chi connectivity index (χ0v) is 13.4. The zero-order valence-electron chi connectivity index (χ0n) is 13.4. The number of nitrogens with zero attached hydrogens (tertiary/aromatic N) is 1. The third kappa shape index (κ3) is 2.77. The Labute approximate surface area is 136 Å². The van der Waals surface area contributed by atoms with Gasteiger partial charge in [-0.3, -0.25) is 4.79 Å². The lowest BCUT2D eigenvalue weighted by Gasteiger charge is -2.19. The molecule has 1 aliphatic rings. The molecule has 0 fully saturated rings. The second-order valence-electron chi connectivity index (χ2n) is 6.17. The first kappa shape index (κ1) is 15.4. The van der Waals surface area contributed by atoms with Crippen molar-refractivity contribution in [3.63, 3.8) is 0 Å². The van der Waals surface area contributed by atoms with Gasteiger partial charge in [0.15, 0.2) is 0 Å². The molecule has 0 bridgehead atoms. The van der Waals surface area contributed by atoms with Crippen LogP contribution in [0.1, 0.15) is 53.2 Å². The summed E-state index contributed by atoms with van der Waals surface area (Å²) in [5.41, 5.74) is 3.24. The smallest absolute Gasteiger partial charge is 0.258 e. The molecule has 0 radical (unpaired) electrons. The highest BCUT2D eigenvalue weighted by Gasteiger charge is 2.27. The summed E-state index contributed by atoms with van der Waals surface area (Å²) in [5, 5.41) is 20.1. The maximum Gasteiger partial charge on any atom is 0.258 e. The van der Waals surface area contributed by atoms with Crippen molar-refractivity contribution in [3.8, 4) is 11.5 Å². The lowest BCUT2D eigenvalue weighted by molar-refractivity contribution is 0.0748. The Bertz CT molecular complexity index is 729. The van der Waals surface area contributed by atoms with E-state index in [1.165, 1.54) is 6.07 Å². The predicted octanol–water partition coefficient (Wildman–Crippen LogP) is 3.77. The van der Waals surface area contributed by atoms with E-state index >= 15 is 0 Å². The number of amides is 1. The molecule has 2 aromatic rings. The fraction of sp³-hybridized carbons (Fsp3) is 0.316. The standard InChI is InChI=1S/C19H21NO3/c1-3-12(2)15-8-16(18(22)9-17(15)21)19(23)20-10-13-6-4-5-7-14(13)11-20/h4-9,12,21-22H,3,10-11H2,1-2H3/t12-/m1/s1. The fourth-order valence-electron chi connectivity index (χ4n) is 3.03. The molecular weight excluding hydrogens is 290 g/mol. The lowest BCUT2D eigenvalue weighted by atomic mass is 9.95. The third-order valence-electron chi connectivity index (χ3n) is 4.65. The molecule has 4 heteroatoms. The number of benzene rings is 2. The SMILES string of the molecule is CC[C@@H](C)c1cc(C(=O)N2Cc3ccccc3C2)c(O)cc1O. The molecule has 0 spiro atoms. The highest BCUT2D eigenvalue weighted by atomic mass is 16.3. The maximum atomic E-state index is 12.8. The summed E-state index contributed by atoms with van der Waals surface area (Å²) in [5.74, 6) is -0.213. The summed E-state index contributed by atoms with van der Waals surface area (Å²) in [6, 6.07) is 10.9. The summed E-state index contributed by atoms with van der Waals surface area (Å²) < 4.78 is 0. The van der Waals surface area contributed by atoms with E-state index < -0.39 is 0 Å². The average molecular weight is 311 g/mol. The monoisotopic (exact) mass is 311 g/mol. The molecule has 1 heterocycles. The topological polar surface area (TPSA) is 60.8 Å². The van der Waals surface area contributed by atoms with Crippen LogP contribution in [0, 0.1) is 0 Å². The molecule has 2 aromatic carbocycles. The fourth-order valence-corrected chi connectivity index (χ4v) is 3.03. The lowest BCUT2D eigenvalue weighted by Crippen LogP contribution is -2.25. The molecular formula is C19H21NO3. The quantitative estimate of drug-likeness (QED) is 0.907. The van der Waals surface area contributed by atoms with Crippen LogP contribution < -0.4 is 0 Å². The largest absolute Gasteiger partial charge is 0.508 e. The number of carbonyl (C=O) groups excluding carboxylic acids is 1. The summed E-state index contributed by atoms with van der Waals surface area (Å²) in [6.45, 7) is 5.11. The first-order chi connectivity index (χ1) is 11.0. The number of hydrogen-bond donors (Lipinski definition) is 2. The van der Waals surface area contributed by atoms with Gasteiger partial charge in [0.1, 0.15) is 11.5 Å². The molecule has 1 amide bonds. The van der Waals surface area contributed by atoms with Gasteiger partial charge in [0.05, 0.1) is 5.56 Å². The van der Waals surface area contributed by atoms with Crippen molar-refractivity contribution in [2.24, 2.45) is 0 Å². The van der Waals surface area contributed by atoms with Crippen LogP contribution in [-0.2, 0) is 13.1 Å². The van der Waals surface area contributed by atoms with Gasteiger partial charge in [0.2, 0.25) is 0 Å². The first-order valence-electron chi connectivity index (χ1n) is 7.93. The molecule has 0 saturated heterocycles. The van der Waals surface area contributed by atoms with E-state index in [-0.39, 0.29) is 28.9 Å². The number of hydrogen-bond acceptors (Lipinski definition) is 3. The van der Waals surface area contributed by atoms with Crippen molar-refractivity contribution >= 4 is 5.91 Å². The van der Waals surface area contributed by atoms with Gasteiger partial charge >= 0.3 is 0 Å². The first-order valence-corrected chi connectivity index (χ1v) is 7.93. The van der Waals surface area contributed by atoms with Crippen molar-refractivity contribution in [1.29, 1.82) is 0 Å². The Morgan fingerprint density at radius 3 is 2.30 bits per heavy atom. The molecule has 0 aromatic heterocycles. The van der Waals surface area contributed by atoms with E-state index in [4.69, 9.17) is 0 Å². The predicted molar refractivity (Wildman–Crippen MR) is 88.5 cm³/mol. The third-order valence-corrected chi connectivity index (χ3v) is 4.65. The van der Waals surface area contributed by atoms with Gasteiger partial charge in [0.25, 0.3) is 5.91 Å². The van der Waals surface area contributed by atoms with Crippen LogP contribution in [0.15, 0.2) is 36.4 Å². The van der Waals surface area contributed by atoms with Crippen LogP contribution in [0.2, 0.25) is 0 Å². The van der Waals surface area contributed by atoms with Crippen LogP contribution in [-0.4, -0.2) is 21.0 Å². The molecule has 4 nitrogen and oxygen atoms in total. The van der Waals surface area contributed by atoms with Crippen LogP contribution in [0.4, 0.5) is 0 Å². The van der Waals surface area contributed by atoms with Gasteiger partial charge in [-0.2, -0.15) is 0 Å². The molecule has 23 heavy (non-hydrogen) atoms. The van der Waals surface area contributed by atoms with Crippen LogP contribution in [0.3, 0.4) is 0 Å². The van der Waals surface area contributed by atoms with Crippen LogP contribution >= 0.6 is 0 Å². The highest BCUT2D eigenvalue weighted by molar-refractivity contribution is 5.97. The molecule has 2 N–H and O–H groups in total. The Morgan fingerprint density at radius 2 is 1.74 bits per heavy atom. The molecule has 1 aliphatic heterocycles. The van der Waals surface area contributed by atoms with Crippen LogP contribution in [0.5, 0.6) is 11.5 Å². The number of phenolic OH excluding ortho intramolecular Hbond substituents is 2. The van der Waals surface area contributed by atoms with E-state index in [2.05, 4.69) is 0 Å². The zero-order chi connectivity index (χ0) is 16.6. The minimum Gasteiger partial charge on any atom is -0.508 e. The highest BCUT2D eigenvalue weighted by Crippen LogP contribution is 2.35. The summed E-state index contributed by atoms with van der Waals surface area (Å²) in [6.07, 6.45) is 0.848. The van der Waals surface area contributed by atoms with Gasteiger partial charge in [0, 0.05) is 19.2 Å². The minimum atomic E-state index is -0.205. The van der Waals surface area contributed by atoms with Gasteiger partial charge in [-0.1, -0.05) is 38.1 Å². The van der Waals surface area contributed by atoms with Crippen molar-refractivity contribution in [1.82, 2.24) is 4.90 Å². The molecule has 0 aliphatic carbocycles. The molecule has 0 saturated carbocycles. The Balaban J connectivity index is 1.92. The number of aromatic hydroxyl groups is 2. The van der Waals surface area contributed by atoms with Gasteiger partial charge in [-0.05, 0) is 35.1 Å². The van der Waals surface area contributed by atoms with Crippen molar-refractivity contribution in [2.45, 2.75) is 39.3 Å². The number of phenols is 2. The molecule has 120 valence electrons.